The molecule has 96 valence electrons. The van der Waals surface area contributed by atoms with E-state index in [1.165, 1.54) is 0 Å². The first-order valence-corrected chi connectivity index (χ1v) is 6.04. The van der Waals surface area contributed by atoms with Crippen LogP contribution in [0.5, 0.6) is 0 Å². The predicted molar refractivity (Wildman–Crippen MR) is 71.9 cm³/mol. The maximum atomic E-state index is 11.3. The molecule has 4 nitrogen and oxygen atoms in total. The summed E-state index contributed by atoms with van der Waals surface area (Å²) >= 11 is 0. The second kappa shape index (κ2) is 4.82. The number of aromatic nitrogens is 1. The number of carbonyl (C=O) groups is 1. The van der Waals surface area contributed by atoms with Crippen LogP contribution in [0.4, 0.5) is 0 Å². The number of aryl methyl sites for hydroxylation is 1. The Hall–Kier alpha value is -1.81. The third-order valence-electron chi connectivity index (χ3n) is 3.02. The summed E-state index contributed by atoms with van der Waals surface area (Å²) in [5.41, 5.74) is 2.35. The third-order valence-corrected chi connectivity index (χ3v) is 3.02. The standard InChI is InChI=1S/C14H18N2O2/c1-9(2)15-7-10-8-16(3)12-6-4-5-11(13(10)12)14(17)18/h4-6,8-9,15H,7H2,1-3H3,(H,17,18). The normalized spacial score (nSPS) is 11.3. The van der Waals surface area contributed by atoms with Gasteiger partial charge in [-0.15, -0.1) is 0 Å². The highest BCUT2D eigenvalue weighted by molar-refractivity contribution is 6.04. The molecule has 2 N–H and O–H groups in total. The largest absolute Gasteiger partial charge is 0.478 e. The lowest BCUT2D eigenvalue weighted by atomic mass is 10.1. The molecule has 0 radical (unpaired) electrons. The van der Waals surface area contributed by atoms with Crippen molar-refractivity contribution in [3.63, 3.8) is 0 Å². The summed E-state index contributed by atoms with van der Waals surface area (Å²) in [7, 11) is 1.94. The van der Waals surface area contributed by atoms with E-state index < -0.39 is 5.97 Å². The maximum Gasteiger partial charge on any atom is 0.336 e. The van der Waals surface area contributed by atoms with Gasteiger partial charge in [0.05, 0.1) is 5.56 Å². The van der Waals surface area contributed by atoms with Crippen LogP contribution in [0.3, 0.4) is 0 Å². The first kappa shape index (κ1) is 12.6. The molecule has 0 atom stereocenters. The fourth-order valence-electron chi connectivity index (χ4n) is 2.17. The first-order chi connectivity index (χ1) is 8.50. The van der Waals surface area contributed by atoms with Gasteiger partial charge in [0.15, 0.2) is 0 Å². The number of aromatic carboxylic acids is 1. The van der Waals surface area contributed by atoms with Crippen LogP contribution in [0.2, 0.25) is 0 Å². The molecule has 18 heavy (non-hydrogen) atoms. The maximum absolute atomic E-state index is 11.3. The fraction of sp³-hybridized carbons (Fsp3) is 0.357. The van der Waals surface area contributed by atoms with Crippen molar-refractivity contribution in [3.05, 3.63) is 35.5 Å². The van der Waals surface area contributed by atoms with E-state index >= 15 is 0 Å². The lowest BCUT2D eigenvalue weighted by Crippen LogP contribution is -2.21. The average molecular weight is 246 g/mol. The van der Waals surface area contributed by atoms with Crippen molar-refractivity contribution in [2.24, 2.45) is 7.05 Å². The summed E-state index contributed by atoms with van der Waals surface area (Å²) < 4.78 is 1.97. The summed E-state index contributed by atoms with van der Waals surface area (Å²) in [6, 6.07) is 5.76. The molecule has 0 aliphatic carbocycles. The van der Waals surface area contributed by atoms with Crippen LogP contribution in [0.1, 0.15) is 29.8 Å². The smallest absolute Gasteiger partial charge is 0.336 e. The minimum Gasteiger partial charge on any atom is -0.478 e. The lowest BCUT2D eigenvalue weighted by molar-refractivity contribution is 0.0699. The number of carboxylic acid groups (broad SMARTS) is 1. The van der Waals surface area contributed by atoms with E-state index in [1.807, 2.05) is 23.9 Å². The number of rotatable bonds is 4. The zero-order chi connectivity index (χ0) is 13.3. The highest BCUT2D eigenvalue weighted by Crippen LogP contribution is 2.24. The minimum absolute atomic E-state index is 0.369. The van der Waals surface area contributed by atoms with E-state index in [9.17, 15) is 9.90 Å². The molecule has 0 aliphatic heterocycles. The topological polar surface area (TPSA) is 54.3 Å². The number of nitrogens with zero attached hydrogens (tertiary/aromatic N) is 1. The van der Waals surface area contributed by atoms with E-state index in [1.54, 1.807) is 12.1 Å². The molecule has 0 unspecified atom stereocenters. The molecule has 1 heterocycles. The van der Waals surface area contributed by atoms with Gasteiger partial charge < -0.3 is 15.0 Å². The van der Waals surface area contributed by atoms with E-state index in [0.717, 1.165) is 16.5 Å². The molecule has 0 spiro atoms. The van der Waals surface area contributed by atoms with E-state index in [4.69, 9.17) is 0 Å². The van der Waals surface area contributed by atoms with Crippen LogP contribution >= 0.6 is 0 Å². The molecule has 0 saturated carbocycles. The van der Waals surface area contributed by atoms with E-state index in [-0.39, 0.29) is 0 Å². The zero-order valence-electron chi connectivity index (χ0n) is 10.9. The summed E-state index contributed by atoms with van der Waals surface area (Å²) in [6.07, 6.45) is 1.99. The molecule has 0 aliphatic rings. The van der Waals surface area contributed by atoms with Gasteiger partial charge in [-0.3, -0.25) is 0 Å². The van der Waals surface area contributed by atoms with Gasteiger partial charge in [0.2, 0.25) is 0 Å². The first-order valence-electron chi connectivity index (χ1n) is 6.04. The number of carboxylic acids is 1. The van der Waals surface area contributed by atoms with Crippen LogP contribution in [0, 0.1) is 0 Å². The lowest BCUT2D eigenvalue weighted by Gasteiger charge is -2.07. The number of benzene rings is 1. The van der Waals surface area contributed by atoms with Gasteiger partial charge in [0.1, 0.15) is 0 Å². The Labute approximate surface area is 106 Å². The van der Waals surface area contributed by atoms with Crippen molar-refractivity contribution in [1.29, 1.82) is 0 Å². The van der Waals surface area contributed by atoms with Crippen molar-refractivity contribution < 1.29 is 9.90 Å². The van der Waals surface area contributed by atoms with Crippen molar-refractivity contribution in [2.75, 3.05) is 0 Å². The van der Waals surface area contributed by atoms with Gasteiger partial charge in [-0.2, -0.15) is 0 Å². The van der Waals surface area contributed by atoms with Gasteiger partial charge in [-0.1, -0.05) is 19.9 Å². The Bertz CT molecular complexity index is 585. The van der Waals surface area contributed by atoms with Crippen LogP contribution < -0.4 is 5.32 Å². The number of hydrogen-bond donors (Lipinski definition) is 2. The summed E-state index contributed by atoms with van der Waals surface area (Å²) in [6.45, 7) is 4.83. The van der Waals surface area contributed by atoms with Crippen LogP contribution in [0.25, 0.3) is 10.9 Å². The minimum atomic E-state index is -0.877. The molecular weight excluding hydrogens is 228 g/mol. The monoisotopic (exact) mass is 246 g/mol. The fourth-order valence-corrected chi connectivity index (χ4v) is 2.17. The SMILES string of the molecule is CC(C)NCc1cn(C)c2cccc(C(=O)O)c12. The van der Waals surface area contributed by atoms with Gasteiger partial charge >= 0.3 is 5.97 Å². The molecule has 1 aromatic carbocycles. The van der Waals surface area contributed by atoms with Crippen LogP contribution in [0.15, 0.2) is 24.4 Å². The summed E-state index contributed by atoms with van der Waals surface area (Å²) in [5.74, 6) is -0.877. The molecular formula is C14H18N2O2. The molecule has 0 amide bonds. The quantitative estimate of drug-likeness (QED) is 0.870. The van der Waals surface area contributed by atoms with E-state index in [2.05, 4.69) is 19.2 Å². The highest BCUT2D eigenvalue weighted by Gasteiger charge is 2.14. The Morgan fingerprint density at radius 3 is 2.78 bits per heavy atom. The Morgan fingerprint density at radius 1 is 1.44 bits per heavy atom. The van der Waals surface area contributed by atoms with Crippen LogP contribution in [-0.2, 0) is 13.6 Å². The predicted octanol–water partition coefficient (Wildman–Crippen LogP) is 2.37. The van der Waals surface area contributed by atoms with Crippen LogP contribution in [-0.4, -0.2) is 21.7 Å². The van der Waals surface area contributed by atoms with Gasteiger partial charge in [-0.05, 0) is 17.7 Å². The number of hydrogen-bond acceptors (Lipinski definition) is 2. The Kier molecular flexibility index (Phi) is 3.39. The summed E-state index contributed by atoms with van der Waals surface area (Å²) in [5, 5.41) is 13.4. The second-order valence-corrected chi connectivity index (χ2v) is 4.81. The Morgan fingerprint density at radius 2 is 2.17 bits per heavy atom. The summed E-state index contributed by atoms with van der Waals surface area (Å²) in [4.78, 5) is 11.3. The number of fused-ring (bicyclic) bond motifs is 1. The molecule has 0 bridgehead atoms. The molecule has 0 fully saturated rings. The van der Waals surface area contributed by atoms with Crippen molar-refractivity contribution >= 4 is 16.9 Å². The molecule has 2 aromatic rings. The second-order valence-electron chi connectivity index (χ2n) is 4.81. The molecule has 1 aromatic heterocycles. The van der Waals surface area contributed by atoms with Gasteiger partial charge in [0.25, 0.3) is 0 Å². The zero-order valence-corrected chi connectivity index (χ0v) is 10.9. The molecule has 2 rings (SSSR count). The van der Waals surface area contributed by atoms with Gasteiger partial charge in [-0.25, -0.2) is 4.79 Å². The van der Waals surface area contributed by atoms with Crippen molar-refractivity contribution in [1.82, 2.24) is 9.88 Å². The number of nitrogens with one attached hydrogen (secondary N) is 1. The average Bonchev–Trinajstić information content (AvgIpc) is 2.64. The van der Waals surface area contributed by atoms with Crippen molar-refractivity contribution in [2.45, 2.75) is 26.4 Å². The highest BCUT2D eigenvalue weighted by atomic mass is 16.4. The van der Waals surface area contributed by atoms with Gasteiger partial charge in [0, 0.05) is 36.7 Å². The van der Waals surface area contributed by atoms with Crippen molar-refractivity contribution in [3.8, 4) is 0 Å². The Balaban J connectivity index is 2.55. The third kappa shape index (κ3) is 2.24. The van der Waals surface area contributed by atoms with E-state index in [0.29, 0.717) is 18.2 Å². The molecule has 0 saturated heterocycles. The molecule has 4 heteroatoms.